The zero-order valence-corrected chi connectivity index (χ0v) is 13.2. The van der Waals surface area contributed by atoms with Crippen LogP contribution >= 0.6 is 11.3 Å². The number of likely N-dealkylation sites (N-methyl/N-ethyl adjacent to an activating group) is 1. The number of nitrogens with one attached hydrogen (secondary N) is 1. The number of nitrogens with zero attached hydrogens (tertiary/aromatic N) is 2. The molecule has 3 amide bonds. The fraction of sp³-hybridized carbons (Fsp3) is 0.571. The predicted octanol–water partition coefficient (Wildman–Crippen LogP) is 1.14. The third-order valence-corrected chi connectivity index (χ3v) is 4.26. The van der Waals surface area contributed by atoms with Crippen LogP contribution in [0, 0.1) is 0 Å². The van der Waals surface area contributed by atoms with Crippen LogP contribution in [0.3, 0.4) is 0 Å². The maximum Gasteiger partial charge on any atom is 0.318 e. The van der Waals surface area contributed by atoms with E-state index in [1.54, 1.807) is 35.3 Å². The van der Waals surface area contributed by atoms with Crippen LogP contribution in [0.2, 0.25) is 0 Å². The average molecular weight is 311 g/mol. The molecule has 2 rings (SSSR count). The Labute approximate surface area is 128 Å². The highest BCUT2D eigenvalue weighted by Gasteiger charge is 2.31. The van der Waals surface area contributed by atoms with Gasteiger partial charge in [-0.15, -0.1) is 0 Å². The van der Waals surface area contributed by atoms with E-state index in [9.17, 15) is 9.59 Å². The van der Waals surface area contributed by atoms with Gasteiger partial charge in [0.1, 0.15) is 6.04 Å². The van der Waals surface area contributed by atoms with E-state index in [1.165, 1.54) is 0 Å². The number of rotatable bonds is 6. The topological polar surface area (TPSA) is 61.9 Å². The summed E-state index contributed by atoms with van der Waals surface area (Å²) < 4.78 is 5.06. The third kappa shape index (κ3) is 4.18. The Balaban J connectivity index is 1.95. The van der Waals surface area contributed by atoms with E-state index in [1.807, 2.05) is 16.8 Å². The van der Waals surface area contributed by atoms with E-state index in [4.69, 9.17) is 4.74 Å². The normalized spacial score (nSPS) is 18.1. The van der Waals surface area contributed by atoms with Crippen LogP contribution in [-0.4, -0.2) is 61.6 Å². The van der Waals surface area contributed by atoms with Gasteiger partial charge < -0.3 is 19.9 Å². The summed E-state index contributed by atoms with van der Waals surface area (Å²) in [5, 5.41) is 6.82. The SMILES string of the molecule is COCCN(Cc1ccsc1)C(=O)N[C@@H]1CCN(C)C1=O. The van der Waals surface area contributed by atoms with Crippen LogP contribution in [0.5, 0.6) is 0 Å². The van der Waals surface area contributed by atoms with Gasteiger partial charge in [0, 0.05) is 33.8 Å². The van der Waals surface area contributed by atoms with Gasteiger partial charge in [0.15, 0.2) is 0 Å². The smallest absolute Gasteiger partial charge is 0.318 e. The summed E-state index contributed by atoms with van der Waals surface area (Å²) in [6.45, 7) is 2.17. The number of carbonyl (C=O) groups excluding carboxylic acids is 2. The van der Waals surface area contributed by atoms with Gasteiger partial charge in [0.05, 0.1) is 6.61 Å². The van der Waals surface area contributed by atoms with Crippen molar-refractivity contribution in [3.05, 3.63) is 22.4 Å². The molecule has 0 aromatic carbocycles. The number of hydrogen-bond donors (Lipinski definition) is 1. The Hall–Kier alpha value is -1.60. The summed E-state index contributed by atoms with van der Waals surface area (Å²) in [5.74, 6) is -0.0226. The molecular weight excluding hydrogens is 290 g/mol. The Morgan fingerprint density at radius 1 is 1.62 bits per heavy atom. The zero-order chi connectivity index (χ0) is 15.2. The van der Waals surface area contributed by atoms with E-state index < -0.39 is 6.04 Å². The maximum absolute atomic E-state index is 12.4. The van der Waals surface area contributed by atoms with Crippen molar-refractivity contribution in [3.63, 3.8) is 0 Å². The lowest BCUT2D eigenvalue weighted by Crippen LogP contribution is -2.48. The van der Waals surface area contributed by atoms with E-state index >= 15 is 0 Å². The molecule has 1 aromatic heterocycles. The highest BCUT2D eigenvalue weighted by molar-refractivity contribution is 7.07. The Morgan fingerprint density at radius 3 is 3.00 bits per heavy atom. The van der Waals surface area contributed by atoms with E-state index in [0.717, 1.165) is 5.56 Å². The number of hydrogen-bond acceptors (Lipinski definition) is 4. The summed E-state index contributed by atoms with van der Waals surface area (Å²) >= 11 is 1.60. The molecule has 1 aromatic rings. The van der Waals surface area contributed by atoms with E-state index in [0.29, 0.717) is 32.7 Å². The minimum absolute atomic E-state index is 0.0226. The summed E-state index contributed by atoms with van der Waals surface area (Å²) in [4.78, 5) is 27.6. The Bertz CT molecular complexity index is 478. The number of urea groups is 1. The monoisotopic (exact) mass is 311 g/mol. The fourth-order valence-electron chi connectivity index (χ4n) is 2.25. The number of ether oxygens (including phenoxy) is 1. The van der Waals surface area contributed by atoms with Gasteiger partial charge in [-0.2, -0.15) is 11.3 Å². The molecule has 7 heteroatoms. The van der Waals surface area contributed by atoms with Gasteiger partial charge in [-0.1, -0.05) is 0 Å². The van der Waals surface area contributed by atoms with Gasteiger partial charge in [-0.05, 0) is 28.8 Å². The minimum atomic E-state index is -0.407. The Kier molecular flexibility index (Phi) is 5.58. The second-order valence-electron chi connectivity index (χ2n) is 5.10. The molecule has 1 fully saturated rings. The van der Waals surface area contributed by atoms with Gasteiger partial charge in [0.25, 0.3) is 0 Å². The van der Waals surface area contributed by atoms with Crippen molar-refractivity contribution in [2.45, 2.75) is 19.0 Å². The second kappa shape index (κ2) is 7.42. The number of thiophene rings is 1. The van der Waals surface area contributed by atoms with Crippen LogP contribution in [0.1, 0.15) is 12.0 Å². The van der Waals surface area contributed by atoms with E-state index in [-0.39, 0.29) is 11.9 Å². The van der Waals surface area contributed by atoms with Crippen LogP contribution < -0.4 is 5.32 Å². The quantitative estimate of drug-likeness (QED) is 0.857. The average Bonchev–Trinajstić information content (AvgIpc) is 3.08. The third-order valence-electron chi connectivity index (χ3n) is 3.53. The fourth-order valence-corrected chi connectivity index (χ4v) is 2.91. The van der Waals surface area contributed by atoms with Crippen molar-refractivity contribution in [1.82, 2.24) is 15.1 Å². The number of amides is 3. The van der Waals surface area contributed by atoms with Crippen LogP contribution in [0.4, 0.5) is 4.79 Å². The first-order valence-electron chi connectivity index (χ1n) is 6.92. The maximum atomic E-state index is 12.4. The van der Waals surface area contributed by atoms with Crippen molar-refractivity contribution < 1.29 is 14.3 Å². The molecule has 1 saturated heterocycles. The molecule has 0 aliphatic carbocycles. The standard InChI is InChI=1S/C14H21N3O3S/c1-16-5-3-12(13(16)18)15-14(19)17(6-7-20-2)9-11-4-8-21-10-11/h4,8,10,12H,3,5-7,9H2,1-2H3,(H,15,19)/t12-/m1/s1. The molecule has 1 N–H and O–H groups in total. The second-order valence-corrected chi connectivity index (χ2v) is 5.88. The lowest BCUT2D eigenvalue weighted by Gasteiger charge is -2.24. The molecule has 1 aliphatic rings. The van der Waals surface area contributed by atoms with Crippen molar-refractivity contribution in [1.29, 1.82) is 0 Å². The van der Waals surface area contributed by atoms with Crippen molar-refractivity contribution in [2.24, 2.45) is 0 Å². The molecule has 2 heterocycles. The lowest BCUT2D eigenvalue weighted by atomic mass is 10.2. The molecule has 0 unspecified atom stereocenters. The first kappa shape index (κ1) is 15.8. The predicted molar refractivity (Wildman–Crippen MR) is 81.2 cm³/mol. The van der Waals surface area contributed by atoms with Crippen LogP contribution in [-0.2, 0) is 16.1 Å². The van der Waals surface area contributed by atoms with Gasteiger partial charge in [-0.25, -0.2) is 4.79 Å². The molecule has 0 saturated carbocycles. The molecule has 0 spiro atoms. The summed E-state index contributed by atoms with van der Waals surface area (Å²) in [7, 11) is 3.36. The Morgan fingerprint density at radius 2 is 2.43 bits per heavy atom. The molecule has 0 radical (unpaired) electrons. The molecule has 1 aliphatic heterocycles. The summed E-state index contributed by atoms with van der Waals surface area (Å²) in [5.41, 5.74) is 1.08. The highest BCUT2D eigenvalue weighted by atomic mass is 32.1. The largest absolute Gasteiger partial charge is 0.383 e. The summed E-state index contributed by atoms with van der Waals surface area (Å²) in [6.07, 6.45) is 0.664. The molecular formula is C14H21N3O3S. The molecule has 116 valence electrons. The van der Waals surface area contributed by atoms with Crippen molar-refractivity contribution in [3.8, 4) is 0 Å². The molecule has 21 heavy (non-hydrogen) atoms. The first-order valence-corrected chi connectivity index (χ1v) is 7.86. The minimum Gasteiger partial charge on any atom is -0.383 e. The number of likely N-dealkylation sites (tertiary alicyclic amines) is 1. The lowest BCUT2D eigenvalue weighted by molar-refractivity contribution is -0.128. The van der Waals surface area contributed by atoms with Crippen molar-refractivity contribution >= 4 is 23.3 Å². The highest BCUT2D eigenvalue weighted by Crippen LogP contribution is 2.12. The van der Waals surface area contributed by atoms with Crippen LogP contribution in [0.25, 0.3) is 0 Å². The number of methoxy groups -OCH3 is 1. The first-order chi connectivity index (χ1) is 10.1. The van der Waals surface area contributed by atoms with Gasteiger partial charge in [-0.3, -0.25) is 4.79 Å². The van der Waals surface area contributed by atoms with Crippen molar-refractivity contribution in [2.75, 3.05) is 33.9 Å². The zero-order valence-electron chi connectivity index (χ0n) is 12.4. The summed E-state index contributed by atoms with van der Waals surface area (Å²) in [6, 6.07) is 1.37. The van der Waals surface area contributed by atoms with E-state index in [2.05, 4.69) is 5.32 Å². The van der Waals surface area contributed by atoms with Crippen LogP contribution in [0.15, 0.2) is 16.8 Å². The van der Waals surface area contributed by atoms with Gasteiger partial charge in [0.2, 0.25) is 5.91 Å². The number of carbonyl (C=O) groups is 2. The molecule has 0 bridgehead atoms. The molecule has 1 atom stereocenters. The van der Waals surface area contributed by atoms with Gasteiger partial charge >= 0.3 is 6.03 Å². The molecule has 6 nitrogen and oxygen atoms in total.